The van der Waals surface area contributed by atoms with Gasteiger partial charge in [0.05, 0.1) is 23.8 Å². The lowest BCUT2D eigenvalue weighted by molar-refractivity contribution is -0.115. The first-order valence-electron chi connectivity index (χ1n) is 10.8. The molecule has 2 N–H and O–H groups in total. The summed E-state index contributed by atoms with van der Waals surface area (Å²) in [4.78, 5) is 15.6. The van der Waals surface area contributed by atoms with E-state index >= 15 is 0 Å². The number of anilines is 1. The van der Waals surface area contributed by atoms with Crippen LogP contribution in [0, 0.1) is 0 Å². The Morgan fingerprint density at radius 1 is 1.06 bits per heavy atom. The number of nitrogens with two attached hydrogens (primary N) is 1. The molecule has 7 nitrogen and oxygen atoms in total. The van der Waals surface area contributed by atoms with Crippen LogP contribution in [0.5, 0.6) is 0 Å². The third-order valence-electron chi connectivity index (χ3n) is 4.73. The molecule has 0 saturated carbocycles. The second-order valence-electron chi connectivity index (χ2n) is 7.27. The van der Waals surface area contributed by atoms with Crippen molar-refractivity contribution in [3.63, 3.8) is 0 Å². The number of amides is 1. The SMILES string of the molecule is CCOP(CN(c1cccc2cc(C(N)=NC(C)=O)ccc12)S(=O)c1cc(Cl)cc(Cl)c1)OCC. The van der Waals surface area contributed by atoms with Crippen LogP contribution in [0.3, 0.4) is 0 Å². The van der Waals surface area contributed by atoms with Gasteiger partial charge in [0, 0.05) is 27.9 Å². The topological polar surface area (TPSA) is 94.2 Å². The number of hydrogen-bond acceptors (Lipinski definition) is 4. The first-order valence-corrected chi connectivity index (χ1v) is 14.0. The Labute approximate surface area is 218 Å². The molecule has 0 saturated heterocycles. The van der Waals surface area contributed by atoms with Crippen molar-refractivity contribution >= 4 is 70.8 Å². The predicted octanol–water partition coefficient (Wildman–Crippen LogP) is 6.27. The van der Waals surface area contributed by atoms with E-state index in [-0.39, 0.29) is 18.0 Å². The summed E-state index contributed by atoms with van der Waals surface area (Å²) in [5.41, 5.74) is 7.31. The van der Waals surface area contributed by atoms with Gasteiger partial charge in [-0.3, -0.25) is 9.10 Å². The summed E-state index contributed by atoms with van der Waals surface area (Å²) in [6.45, 7) is 6.04. The predicted molar refractivity (Wildman–Crippen MR) is 146 cm³/mol. The average Bonchev–Trinajstić information content (AvgIpc) is 2.80. The van der Waals surface area contributed by atoms with E-state index in [1.807, 2.05) is 44.2 Å². The minimum absolute atomic E-state index is 0.134. The van der Waals surface area contributed by atoms with E-state index in [0.29, 0.717) is 39.4 Å². The zero-order chi connectivity index (χ0) is 25.5. The fourth-order valence-electron chi connectivity index (χ4n) is 3.36. The van der Waals surface area contributed by atoms with Crippen LogP contribution in [0.1, 0.15) is 26.3 Å². The molecule has 1 atom stereocenters. The molecular formula is C24H26Cl2N3O4PS. The van der Waals surface area contributed by atoms with Crippen molar-refractivity contribution < 1.29 is 18.1 Å². The van der Waals surface area contributed by atoms with Crippen LogP contribution in [-0.4, -0.2) is 35.5 Å². The molecule has 0 bridgehead atoms. The average molecular weight is 554 g/mol. The second kappa shape index (κ2) is 12.8. The summed E-state index contributed by atoms with van der Waals surface area (Å²) in [6, 6.07) is 16.0. The van der Waals surface area contributed by atoms with Crippen LogP contribution in [-0.2, 0) is 24.8 Å². The van der Waals surface area contributed by atoms with Crippen molar-refractivity contribution in [2.75, 3.05) is 23.8 Å². The largest absolute Gasteiger partial charge is 0.383 e. The highest BCUT2D eigenvalue weighted by Gasteiger charge is 2.25. The number of halogens is 2. The Hall–Kier alpha value is -2.06. The molecule has 0 aliphatic carbocycles. The monoisotopic (exact) mass is 553 g/mol. The van der Waals surface area contributed by atoms with Crippen LogP contribution in [0.25, 0.3) is 10.8 Å². The number of amidine groups is 1. The standard InChI is InChI=1S/C24H26Cl2N3O4PS/c1-4-32-34(33-5-2)15-29(35(31)21-13-19(25)12-20(26)14-21)23-8-6-7-17-11-18(9-10-22(17)23)24(27)28-16(3)30/h6-14H,4-5,15H2,1-3H3,(H2,27,28,30). The summed E-state index contributed by atoms with van der Waals surface area (Å²) in [6.07, 6.45) is 0.253. The maximum absolute atomic E-state index is 13.9. The van der Waals surface area contributed by atoms with Crippen LogP contribution in [0.2, 0.25) is 10.0 Å². The highest BCUT2D eigenvalue weighted by molar-refractivity contribution is 7.87. The van der Waals surface area contributed by atoms with Crippen molar-refractivity contribution in [3.05, 3.63) is 70.2 Å². The number of fused-ring (bicyclic) bond motifs is 1. The molecule has 0 spiro atoms. The quantitative estimate of drug-likeness (QED) is 0.181. The smallest absolute Gasteiger partial charge is 0.244 e. The molecule has 0 aliphatic heterocycles. The van der Waals surface area contributed by atoms with E-state index in [9.17, 15) is 9.00 Å². The molecule has 0 fully saturated rings. The van der Waals surface area contributed by atoms with Crippen molar-refractivity contribution in [2.24, 2.45) is 10.7 Å². The normalized spacial score (nSPS) is 12.8. The van der Waals surface area contributed by atoms with Crippen LogP contribution >= 0.6 is 31.6 Å². The van der Waals surface area contributed by atoms with Gasteiger partial charge < -0.3 is 14.8 Å². The van der Waals surface area contributed by atoms with E-state index in [0.717, 1.165) is 10.8 Å². The van der Waals surface area contributed by atoms with E-state index in [2.05, 4.69) is 4.99 Å². The molecular weight excluding hydrogens is 528 g/mol. The summed E-state index contributed by atoms with van der Waals surface area (Å²) in [5.74, 6) is -0.242. The number of rotatable bonds is 10. The Kier molecular flexibility index (Phi) is 10.0. The molecule has 1 amide bonds. The lowest BCUT2D eigenvalue weighted by Crippen LogP contribution is -2.27. The summed E-state index contributed by atoms with van der Waals surface area (Å²) in [5, 5.41) is 2.45. The minimum atomic E-state index is -1.67. The number of benzene rings is 3. The fourth-order valence-corrected chi connectivity index (χ4v) is 6.95. The molecule has 0 aromatic heterocycles. The number of nitrogens with zero attached hydrogens (tertiary/aromatic N) is 2. The maximum atomic E-state index is 13.9. The van der Waals surface area contributed by atoms with Gasteiger partial charge in [-0.2, -0.15) is 4.99 Å². The van der Waals surface area contributed by atoms with Crippen LogP contribution in [0.15, 0.2) is 64.5 Å². The first kappa shape index (κ1) is 27.5. The van der Waals surface area contributed by atoms with Gasteiger partial charge in [0.25, 0.3) is 0 Å². The van der Waals surface area contributed by atoms with Gasteiger partial charge in [-0.25, -0.2) is 4.21 Å². The maximum Gasteiger partial charge on any atom is 0.244 e. The molecule has 0 heterocycles. The van der Waals surface area contributed by atoms with Crippen molar-refractivity contribution in [3.8, 4) is 0 Å². The van der Waals surface area contributed by atoms with E-state index in [1.165, 1.54) is 6.92 Å². The van der Waals surface area contributed by atoms with Crippen molar-refractivity contribution in [2.45, 2.75) is 25.7 Å². The second-order valence-corrected chi connectivity index (χ2v) is 11.0. The molecule has 186 valence electrons. The number of aliphatic imine (C=N–C) groups is 1. The fraction of sp³-hybridized carbons (Fsp3) is 0.250. The number of carbonyl (C=O) groups excluding carboxylic acids is 1. The molecule has 11 heteroatoms. The van der Waals surface area contributed by atoms with Crippen molar-refractivity contribution in [1.82, 2.24) is 0 Å². The van der Waals surface area contributed by atoms with Gasteiger partial charge in [-0.05, 0) is 49.6 Å². The minimum Gasteiger partial charge on any atom is -0.383 e. The molecule has 0 radical (unpaired) electrons. The van der Waals surface area contributed by atoms with E-state index in [4.69, 9.17) is 38.0 Å². The Balaban J connectivity index is 2.13. The summed E-state index contributed by atoms with van der Waals surface area (Å²) >= 11 is 12.4. The molecule has 3 aromatic carbocycles. The van der Waals surface area contributed by atoms with Gasteiger partial charge in [-0.1, -0.05) is 47.5 Å². The van der Waals surface area contributed by atoms with Gasteiger partial charge in [-0.15, -0.1) is 0 Å². The molecule has 1 unspecified atom stereocenters. The Bertz CT molecular complexity index is 1250. The summed E-state index contributed by atoms with van der Waals surface area (Å²) < 4.78 is 27.2. The van der Waals surface area contributed by atoms with Gasteiger partial charge >= 0.3 is 0 Å². The van der Waals surface area contributed by atoms with Gasteiger partial charge in [0.15, 0.2) is 19.4 Å². The molecule has 3 rings (SSSR count). The van der Waals surface area contributed by atoms with Crippen LogP contribution < -0.4 is 10.0 Å². The zero-order valence-corrected chi connectivity index (χ0v) is 22.8. The lowest BCUT2D eigenvalue weighted by atomic mass is 10.0. The van der Waals surface area contributed by atoms with Crippen molar-refractivity contribution in [1.29, 1.82) is 0 Å². The highest BCUT2D eigenvalue weighted by Crippen LogP contribution is 2.42. The van der Waals surface area contributed by atoms with E-state index < -0.39 is 19.4 Å². The number of hydrogen-bond donors (Lipinski definition) is 1. The Morgan fingerprint density at radius 2 is 1.71 bits per heavy atom. The third kappa shape index (κ3) is 7.23. The number of carbonyl (C=O) groups is 1. The first-order chi connectivity index (χ1) is 16.7. The zero-order valence-electron chi connectivity index (χ0n) is 19.5. The van der Waals surface area contributed by atoms with Gasteiger partial charge in [0.2, 0.25) is 5.91 Å². The summed E-state index contributed by atoms with van der Waals surface area (Å²) in [7, 11) is -3.02. The van der Waals surface area contributed by atoms with Crippen LogP contribution in [0.4, 0.5) is 5.69 Å². The molecule has 3 aromatic rings. The Morgan fingerprint density at radius 3 is 2.31 bits per heavy atom. The molecule has 35 heavy (non-hydrogen) atoms. The molecule has 0 aliphatic rings. The highest BCUT2D eigenvalue weighted by atomic mass is 35.5. The van der Waals surface area contributed by atoms with E-state index in [1.54, 1.807) is 28.6 Å². The van der Waals surface area contributed by atoms with Gasteiger partial charge in [0.1, 0.15) is 12.1 Å². The lowest BCUT2D eigenvalue weighted by Gasteiger charge is -2.28. The third-order valence-corrected chi connectivity index (χ3v) is 8.33.